The number of nitrogens with one attached hydrogen (secondary N) is 2. The molecule has 0 aliphatic rings. The number of rotatable bonds is 4. The number of aromatic amines is 1. The SMILES string of the molecule is CC(NC(=O)Cc1n[nH]c(=O)c(Cl)c1Cl)c1ccncc1. The van der Waals surface area contributed by atoms with Crippen LogP contribution in [0.15, 0.2) is 29.3 Å². The van der Waals surface area contributed by atoms with E-state index >= 15 is 0 Å². The van der Waals surface area contributed by atoms with E-state index in [-0.39, 0.29) is 34.1 Å². The van der Waals surface area contributed by atoms with E-state index in [9.17, 15) is 9.59 Å². The van der Waals surface area contributed by atoms with Gasteiger partial charge in [0.15, 0.2) is 0 Å². The number of amides is 1. The maximum atomic E-state index is 12.0. The first-order chi connectivity index (χ1) is 9.99. The summed E-state index contributed by atoms with van der Waals surface area (Å²) < 4.78 is 0. The molecule has 1 atom stereocenters. The van der Waals surface area contributed by atoms with Gasteiger partial charge < -0.3 is 5.32 Å². The fourth-order valence-electron chi connectivity index (χ4n) is 1.74. The molecule has 2 aromatic heterocycles. The minimum absolute atomic E-state index is 0.00729. The van der Waals surface area contributed by atoms with Gasteiger partial charge in [-0.1, -0.05) is 23.2 Å². The molecule has 2 heterocycles. The standard InChI is InChI=1S/C13H12Cl2N4O2/c1-7(8-2-4-16-5-3-8)17-10(20)6-9-11(14)12(15)13(21)19-18-9/h2-5,7H,6H2,1H3,(H,17,20)(H,19,21). The van der Waals surface area contributed by atoms with Crippen molar-refractivity contribution in [2.24, 2.45) is 0 Å². The van der Waals surface area contributed by atoms with E-state index < -0.39 is 5.56 Å². The molecule has 8 heteroatoms. The predicted octanol–water partition coefficient (Wildman–Crippen LogP) is 1.89. The number of halogens is 2. The molecule has 0 aliphatic carbocycles. The Morgan fingerprint density at radius 3 is 2.67 bits per heavy atom. The van der Waals surface area contributed by atoms with Gasteiger partial charge in [0.2, 0.25) is 5.91 Å². The van der Waals surface area contributed by atoms with E-state index in [2.05, 4.69) is 20.5 Å². The highest BCUT2D eigenvalue weighted by atomic mass is 35.5. The second-order valence-corrected chi connectivity index (χ2v) is 5.13. The van der Waals surface area contributed by atoms with E-state index in [0.717, 1.165) is 5.56 Å². The fourth-order valence-corrected chi connectivity index (χ4v) is 2.09. The molecule has 2 aromatic rings. The topological polar surface area (TPSA) is 87.7 Å². The van der Waals surface area contributed by atoms with Crippen LogP contribution in [0.5, 0.6) is 0 Å². The lowest BCUT2D eigenvalue weighted by Crippen LogP contribution is -2.29. The number of hydrogen-bond donors (Lipinski definition) is 2. The summed E-state index contributed by atoms with van der Waals surface area (Å²) in [6.45, 7) is 1.85. The molecule has 0 spiro atoms. The number of pyridine rings is 1. The van der Waals surface area contributed by atoms with Gasteiger partial charge in [0.1, 0.15) is 5.02 Å². The molecule has 6 nitrogen and oxygen atoms in total. The second kappa shape index (κ2) is 6.69. The Morgan fingerprint density at radius 1 is 1.33 bits per heavy atom. The number of carbonyl (C=O) groups excluding carboxylic acids is 1. The highest BCUT2D eigenvalue weighted by molar-refractivity contribution is 6.42. The van der Waals surface area contributed by atoms with Crippen LogP contribution in [0, 0.1) is 0 Å². The third-order valence-electron chi connectivity index (χ3n) is 2.85. The lowest BCUT2D eigenvalue weighted by atomic mass is 10.1. The summed E-state index contributed by atoms with van der Waals surface area (Å²) in [4.78, 5) is 27.1. The first kappa shape index (κ1) is 15.5. The Morgan fingerprint density at radius 2 is 2.00 bits per heavy atom. The maximum absolute atomic E-state index is 12.0. The average molecular weight is 327 g/mol. The zero-order valence-electron chi connectivity index (χ0n) is 11.1. The van der Waals surface area contributed by atoms with Crippen molar-refractivity contribution < 1.29 is 4.79 Å². The monoisotopic (exact) mass is 326 g/mol. The molecule has 21 heavy (non-hydrogen) atoms. The van der Waals surface area contributed by atoms with Gasteiger partial charge in [0.05, 0.1) is 23.2 Å². The number of nitrogens with zero attached hydrogens (tertiary/aromatic N) is 2. The summed E-state index contributed by atoms with van der Waals surface area (Å²) in [6, 6.07) is 3.44. The number of hydrogen-bond acceptors (Lipinski definition) is 4. The molecule has 2 N–H and O–H groups in total. The molecular weight excluding hydrogens is 315 g/mol. The van der Waals surface area contributed by atoms with E-state index in [0.29, 0.717) is 0 Å². The Hall–Kier alpha value is -1.92. The molecule has 0 saturated carbocycles. The summed E-state index contributed by atoms with van der Waals surface area (Å²) >= 11 is 11.6. The number of carbonyl (C=O) groups is 1. The Bertz CT molecular complexity index is 703. The minimum Gasteiger partial charge on any atom is -0.349 e. The van der Waals surface area contributed by atoms with Crippen LogP contribution >= 0.6 is 23.2 Å². The van der Waals surface area contributed by atoms with Gasteiger partial charge in [-0.2, -0.15) is 5.10 Å². The van der Waals surface area contributed by atoms with Crippen LogP contribution in [0.2, 0.25) is 10.0 Å². The first-order valence-corrected chi connectivity index (χ1v) is 6.86. The number of aromatic nitrogens is 3. The molecule has 1 amide bonds. The molecule has 110 valence electrons. The highest BCUT2D eigenvalue weighted by Crippen LogP contribution is 2.20. The molecule has 0 aromatic carbocycles. The van der Waals surface area contributed by atoms with Crippen LogP contribution in [0.4, 0.5) is 0 Å². The van der Waals surface area contributed by atoms with Crippen LogP contribution in [-0.4, -0.2) is 21.1 Å². The summed E-state index contributed by atoms with van der Waals surface area (Å²) in [5, 5.41) is 8.55. The van der Waals surface area contributed by atoms with Gasteiger partial charge >= 0.3 is 0 Å². The van der Waals surface area contributed by atoms with Crippen molar-refractivity contribution in [2.45, 2.75) is 19.4 Å². The third kappa shape index (κ3) is 3.80. The van der Waals surface area contributed by atoms with Crippen LogP contribution in [-0.2, 0) is 11.2 Å². The number of H-pyrrole nitrogens is 1. The third-order valence-corrected chi connectivity index (χ3v) is 3.71. The van der Waals surface area contributed by atoms with Crippen LogP contribution in [0.1, 0.15) is 24.2 Å². The van der Waals surface area contributed by atoms with Crippen molar-refractivity contribution in [3.63, 3.8) is 0 Å². The van der Waals surface area contributed by atoms with E-state index in [1.807, 2.05) is 19.1 Å². The molecule has 0 aliphatic heterocycles. The zero-order chi connectivity index (χ0) is 15.4. The lowest BCUT2D eigenvalue weighted by Gasteiger charge is -2.14. The first-order valence-electron chi connectivity index (χ1n) is 6.11. The fraction of sp³-hybridized carbons (Fsp3) is 0.231. The van der Waals surface area contributed by atoms with Gasteiger partial charge in [-0.05, 0) is 24.6 Å². The van der Waals surface area contributed by atoms with Crippen molar-refractivity contribution in [1.82, 2.24) is 20.5 Å². The summed E-state index contributed by atoms with van der Waals surface area (Å²) in [7, 11) is 0. The Balaban J connectivity index is 2.06. The molecule has 1 unspecified atom stereocenters. The highest BCUT2D eigenvalue weighted by Gasteiger charge is 2.15. The van der Waals surface area contributed by atoms with Crippen molar-refractivity contribution in [1.29, 1.82) is 0 Å². The maximum Gasteiger partial charge on any atom is 0.284 e. The lowest BCUT2D eigenvalue weighted by molar-refractivity contribution is -0.121. The molecule has 0 radical (unpaired) electrons. The summed E-state index contributed by atoms with van der Waals surface area (Å²) in [5.74, 6) is -0.281. The van der Waals surface area contributed by atoms with E-state index in [4.69, 9.17) is 23.2 Å². The zero-order valence-corrected chi connectivity index (χ0v) is 12.6. The molecule has 0 saturated heterocycles. The summed E-state index contributed by atoms with van der Waals surface area (Å²) in [6.07, 6.45) is 3.22. The van der Waals surface area contributed by atoms with Gasteiger partial charge in [-0.25, -0.2) is 5.10 Å². The van der Waals surface area contributed by atoms with E-state index in [1.54, 1.807) is 12.4 Å². The van der Waals surface area contributed by atoms with Gasteiger partial charge in [-0.3, -0.25) is 14.6 Å². The Kier molecular flexibility index (Phi) is 4.93. The van der Waals surface area contributed by atoms with Gasteiger partial charge in [0.25, 0.3) is 5.56 Å². The minimum atomic E-state index is -0.587. The predicted molar refractivity (Wildman–Crippen MR) is 79.4 cm³/mol. The quantitative estimate of drug-likeness (QED) is 0.898. The van der Waals surface area contributed by atoms with Gasteiger partial charge in [-0.15, -0.1) is 0 Å². The second-order valence-electron chi connectivity index (χ2n) is 4.37. The van der Waals surface area contributed by atoms with Crippen LogP contribution in [0.25, 0.3) is 0 Å². The van der Waals surface area contributed by atoms with Crippen molar-refractivity contribution in [3.05, 3.63) is 56.2 Å². The normalized spacial score (nSPS) is 12.0. The van der Waals surface area contributed by atoms with Crippen LogP contribution in [0.3, 0.4) is 0 Å². The molecule has 0 bridgehead atoms. The van der Waals surface area contributed by atoms with Crippen LogP contribution < -0.4 is 10.9 Å². The average Bonchev–Trinajstić information content (AvgIpc) is 2.49. The summed E-state index contributed by atoms with van der Waals surface area (Å²) in [5.41, 5.74) is 0.564. The van der Waals surface area contributed by atoms with E-state index in [1.165, 1.54) is 0 Å². The molecule has 2 rings (SSSR count). The largest absolute Gasteiger partial charge is 0.349 e. The smallest absolute Gasteiger partial charge is 0.284 e. The van der Waals surface area contributed by atoms with Crippen molar-refractivity contribution >= 4 is 29.1 Å². The molecular formula is C13H12Cl2N4O2. The van der Waals surface area contributed by atoms with Gasteiger partial charge in [0, 0.05) is 12.4 Å². The van der Waals surface area contributed by atoms with Crippen molar-refractivity contribution in [2.75, 3.05) is 0 Å². The van der Waals surface area contributed by atoms with Crippen molar-refractivity contribution in [3.8, 4) is 0 Å². The molecule has 0 fully saturated rings. The Labute approximate surface area is 130 Å².